The van der Waals surface area contributed by atoms with Gasteiger partial charge in [0.2, 0.25) is 0 Å². The molecule has 4 aromatic carbocycles. The van der Waals surface area contributed by atoms with Crippen LogP contribution in [0.2, 0.25) is 0 Å². The van der Waals surface area contributed by atoms with Crippen molar-refractivity contribution < 1.29 is 46.3 Å². The third-order valence-corrected chi connectivity index (χ3v) is 4.16. The van der Waals surface area contributed by atoms with Crippen molar-refractivity contribution in [3.05, 3.63) is 120 Å². The van der Waals surface area contributed by atoms with Gasteiger partial charge in [-0.1, -0.05) is 60.7 Å². The second kappa shape index (κ2) is 12.7. The maximum atomic E-state index is 10.8. The van der Waals surface area contributed by atoms with Gasteiger partial charge in [0.15, 0.2) is 0 Å². The predicted octanol–water partition coefficient (Wildman–Crippen LogP) is 3.68. The van der Waals surface area contributed by atoms with Crippen LogP contribution in [0.25, 0.3) is 0 Å². The molecule has 6 nitrogen and oxygen atoms in total. The van der Waals surface area contributed by atoms with E-state index in [9.17, 15) is 19.8 Å². The van der Waals surface area contributed by atoms with Gasteiger partial charge < -0.3 is 29.3 Å². The molecule has 0 saturated heterocycles. The van der Waals surface area contributed by atoms with Crippen molar-refractivity contribution in [1.29, 1.82) is 0 Å². The van der Waals surface area contributed by atoms with Gasteiger partial charge >= 0.3 is 17.1 Å². The molecular formula is C26H18CuO6. The van der Waals surface area contributed by atoms with Crippen LogP contribution >= 0.6 is 0 Å². The molecule has 0 aliphatic rings. The first-order chi connectivity index (χ1) is 15.5. The molecule has 0 spiro atoms. The zero-order valence-electron chi connectivity index (χ0n) is 17.1. The van der Waals surface area contributed by atoms with Crippen molar-refractivity contribution in [2.75, 3.05) is 0 Å². The van der Waals surface area contributed by atoms with Crippen LogP contribution in [0.15, 0.2) is 109 Å². The van der Waals surface area contributed by atoms with Gasteiger partial charge in [0.1, 0.15) is 23.0 Å². The first-order valence-electron chi connectivity index (χ1n) is 9.61. The third kappa shape index (κ3) is 7.54. The molecule has 169 valence electrons. The summed E-state index contributed by atoms with van der Waals surface area (Å²) in [5.41, 5.74) is 0.0951. The molecule has 0 amide bonds. The Bertz CT molecular complexity index is 1080. The number of ether oxygens (including phenoxy) is 2. The number of carboxylic acid groups (broad SMARTS) is 2. The average molecular weight is 490 g/mol. The van der Waals surface area contributed by atoms with Crippen molar-refractivity contribution >= 4 is 11.9 Å². The number of rotatable bonds is 6. The number of carbonyl (C=O) groups is 2. The molecule has 0 aromatic heterocycles. The van der Waals surface area contributed by atoms with Crippen LogP contribution in [0.3, 0.4) is 0 Å². The minimum absolute atomic E-state index is 0. The molecule has 0 aliphatic heterocycles. The molecule has 1 radical (unpaired) electrons. The van der Waals surface area contributed by atoms with Gasteiger partial charge in [0.05, 0.1) is 11.9 Å². The number of aromatic carboxylic acids is 2. The number of para-hydroxylation sites is 4. The molecular weight excluding hydrogens is 472 g/mol. The van der Waals surface area contributed by atoms with Crippen molar-refractivity contribution in [3.8, 4) is 23.0 Å². The summed E-state index contributed by atoms with van der Waals surface area (Å²) >= 11 is 0. The van der Waals surface area contributed by atoms with Gasteiger partial charge in [-0.15, -0.1) is 0 Å². The van der Waals surface area contributed by atoms with Gasteiger partial charge in [-0.25, -0.2) is 0 Å². The summed E-state index contributed by atoms with van der Waals surface area (Å²) in [6, 6.07) is 30.8. The smallest absolute Gasteiger partial charge is 0.545 e. The summed E-state index contributed by atoms with van der Waals surface area (Å²) in [6.45, 7) is 0. The molecule has 0 aliphatic carbocycles. The van der Waals surface area contributed by atoms with Crippen LogP contribution in [0.4, 0.5) is 0 Å². The van der Waals surface area contributed by atoms with E-state index in [0.29, 0.717) is 11.5 Å². The second-order valence-electron chi connectivity index (χ2n) is 6.40. The Kier molecular flexibility index (Phi) is 9.71. The van der Waals surface area contributed by atoms with Crippen LogP contribution in [-0.2, 0) is 17.1 Å². The molecule has 0 bridgehead atoms. The fourth-order valence-corrected chi connectivity index (χ4v) is 2.68. The van der Waals surface area contributed by atoms with E-state index >= 15 is 0 Å². The summed E-state index contributed by atoms with van der Waals surface area (Å²) in [7, 11) is 0. The van der Waals surface area contributed by atoms with E-state index < -0.39 is 11.9 Å². The first kappa shape index (κ1) is 25.2. The summed E-state index contributed by atoms with van der Waals surface area (Å²) in [4.78, 5) is 21.6. The Morgan fingerprint density at radius 2 is 0.788 bits per heavy atom. The van der Waals surface area contributed by atoms with Gasteiger partial charge in [0.25, 0.3) is 0 Å². The van der Waals surface area contributed by atoms with Gasteiger partial charge in [0, 0.05) is 11.1 Å². The van der Waals surface area contributed by atoms with Crippen LogP contribution < -0.4 is 19.7 Å². The Balaban J connectivity index is 0.000000227. The minimum Gasteiger partial charge on any atom is -0.545 e. The molecule has 0 saturated carbocycles. The van der Waals surface area contributed by atoms with Gasteiger partial charge in [-0.05, 0) is 48.5 Å². The van der Waals surface area contributed by atoms with E-state index in [1.165, 1.54) is 12.1 Å². The van der Waals surface area contributed by atoms with E-state index in [-0.39, 0.29) is 39.7 Å². The molecule has 0 N–H and O–H groups in total. The Morgan fingerprint density at radius 1 is 0.485 bits per heavy atom. The largest absolute Gasteiger partial charge is 2.00 e. The number of carboxylic acids is 2. The Hall–Kier alpha value is -4.06. The van der Waals surface area contributed by atoms with Crippen molar-refractivity contribution in [2.24, 2.45) is 0 Å². The SMILES string of the molecule is O=C([O-])c1ccccc1Oc1ccccc1.O=C([O-])c1ccccc1Oc1ccccc1.[Cu+2]. The van der Waals surface area contributed by atoms with Crippen molar-refractivity contribution in [3.63, 3.8) is 0 Å². The van der Waals surface area contributed by atoms with E-state index in [0.717, 1.165) is 0 Å². The van der Waals surface area contributed by atoms with Crippen molar-refractivity contribution in [2.45, 2.75) is 0 Å². The van der Waals surface area contributed by atoms with Crippen LogP contribution in [-0.4, -0.2) is 11.9 Å². The van der Waals surface area contributed by atoms with Crippen LogP contribution in [0.1, 0.15) is 20.7 Å². The average Bonchev–Trinajstić information content (AvgIpc) is 2.81. The number of hydrogen-bond acceptors (Lipinski definition) is 6. The summed E-state index contributed by atoms with van der Waals surface area (Å²) in [5.74, 6) is -0.729. The summed E-state index contributed by atoms with van der Waals surface area (Å²) in [5, 5.41) is 21.6. The fourth-order valence-electron chi connectivity index (χ4n) is 2.68. The maximum Gasteiger partial charge on any atom is 2.00 e. The number of benzene rings is 4. The molecule has 33 heavy (non-hydrogen) atoms. The molecule has 0 heterocycles. The molecule has 7 heteroatoms. The van der Waals surface area contributed by atoms with Crippen LogP contribution in [0, 0.1) is 0 Å². The summed E-state index contributed by atoms with van der Waals surface area (Å²) in [6.07, 6.45) is 0. The fraction of sp³-hybridized carbons (Fsp3) is 0. The van der Waals surface area contributed by atoms with Crippen molar-refractivity contribution in [1.82, 2.24) is 0 Å². The predicted molar refractivity (Wildman–Crippen MR) is 115 cm³/mol. The molecule has 4 rings (SSSR count). The molecule has 4 aromatic rings. The van der Waals surface area contributed by atoms with Gasteiger partial charge in [-0.3, -0.25) is 0 Å². The normalized spacial score (nSPS) is 9.45. The second-order valence-corrected chi connectivity index (χ2v) is 6.40. The first-order valence-corrected chi connectivity index (χ1v) is 9.61. The third-order valence-electron chi connectivity index (χ3n) is 4.16. The van der Waals surface area contributed by atoms with E-state index in [1.807, 2.05) is 36.4 Å². The quantitative estimate of drug-likeness (QED) is 0.383. The Labute approximate surface area is 201 Å². The molecule has 0 unspecified atom stereocenters. The summed E-state index contributed by atoms with van der Waals surface area (Å²) < 4.78 is 10.9. The van der Waals surface area contributed by atoms with Crippen LogP contribution in [0.5, 0.6) is 23.0 Å². The number of carbonyl (C=O) groups excluding carboxylic acids is 2. The van der Waals surface area contributed by atoms with E-state index in [2.05, 4.69) is 0 Å². The molecule has 0 fully saturated rings. The van der Waals surface area contributed by atoms with E-state index in [4.69, 9.17) is 9.47 Å². The zero-order chi connectivity index (χ0) is 22.8. The monoisotopic (exact) mass is 489 g/mol. The minimum atomic E-state index is -1.24. The zero-order valence-corrected chi connectivity index (χ0v) is 18.1. The number of hydrogen-bond donors (Lipinski definition) is 0. The Morgan fingerprint density at radius 3 is 1.12 bits per heavy atom. The standard InChI is InChI=1S/2C13H10O3.Cu/c2*14-13(15)11-8-4-5-9-12(11)16-10-6-2-1-3-7-10;/h2*1-9H,(H,14,15);/q;;+2/p-2. The van der Waals surface area contributed by atoms with Gasteiger partial charge in [-0.2, -0.15) is 0 Å². The topological polar surface area (TPSA) is 98.7 Å². The maximum absolute atomic E-state index is 10.8. The van der Waals surface area contributed by atoms with E-state index in [1.54, 1.807) is 60.7 Å². The molecule has 0 atom stereocenters.